The number of aromatic nitrogens is 1. The van der Waals surface area contributed by atoms with Gasteiger partial charge in [-0.05, 0) is 31.9 Å². The van der Waals surface area contributed by atoms with Gasteiger partial charge in [-0.3, -0.25) is 4.98 Å². The first-order chi connectivity index (χ1) is 8.58. The van der Waals surface area contributed by atoms with E-state index in [0.717, 1.165) is 36.0 Å². The molecule has 0 saturated carbocycles. The van der Waals surface area contributed by atoms with Crippen LogP contribution in [0.5, 0.6) is 0 Å². The van der Waals surface area contributed by atoms with Crippen LogP contribution in [0, 0.1) is 18.6 Å². The van der Waals surface area contributed by atoms with Crippen molar-refractivity contribution < 1.29 is 8.78 Å². The second kappa shape index (κ2) is 4.88. The molecular formula is C14H16F2N2. The van der Waals surface area contributed by atoms with E-state index in [1.165, 1.54) is 6.07 Å². The molecule has 0 saturated heterocycles. The van der Waals surface area contributed by atoms with E-state index in [0.29, 0.717) is 10.9 Å². The van der Waals surface area contributed by atoms with Crippen molar-refractivity contribution in [3.63, 3.8) is 0 Å². The van der Waals surface area contributed by atoms with E-state index >= 15 is 0 Å². The number of hydrogen-bond acceptors (Lipinski definition) is 2. The van der Waals surface area contributed by atoms with E-state index in [2.05, 4.69) is 10.3 Å². The standard InChI is InChI=1S/C14H16F2N2/c1-4-9-8(3)18-13-7-12(16)11(15)6-10(13)14(9)17-5-2/h6-7H,4-5H2,1-3H3,(H,17,18). The molecule has 1 aromatic carbocycles. The Kier molecular flexibility index (Phi) is 3.45. The van der Waals surface area contributed by atoms with E-state index in [-0.39, 0.29) is 0 Å². The molecule has 18 heavy (non-hydrogen) atoms. The van der Waals surface area contributed by atoms with Gasteiger partial charge in [0.1, 0.15) is 0 Å². The smallest absolute Gasteiger partial charge is 0.161 e. The maximum atomic E-state index is 13.4. The number of hydrogen-bond donors (Lipinski definition) is 1. The Hall–Kier alpha value is -1.71. The minimum absolute atomic E-state index is 0.486. The van der Waals surface area contributed by atoms with Crippen LogP contribution in [0.15, 0.2) is 12.1 Å². The van der Waals surface area contributed by atoms with Crippen molar-refractivity contribution in [3.05, 3.63) is 35.0 Å². The molecule has 0 unspecified atom stereocenters. The van der Waals surface area contributed by atoms with Crippen molar-refractivity contribution in [2.75, 3.05) is 11.9 Å². The first kappa shape index (κ1) is 12.7. The first-order valence-corrected chi connectivity index (χ1v) is 6.10. The van der Waals surface area contributed by atoms with E-state index in [1.807, 2.05) is 20.8 Å². The topological polar surface area (TPSA) is 24.9 Å². The third-order valence-corrected chi connectivity index (χ3v) is 3.04. The van der Waals surface area contributed by atoms with Gasteiger partial charge >= 0.3 is 0 Å². The molecular weight excluding hydrogens is 234 g/mol. The monoisotopic (exact) mass is 250 g/mol. The summed E-state index contributed by atoms with van der Waals surface area (Å²) in [6.45, 7) is 6.61. The third kappa shape index (κ3) is 2.03. The highest BCUT2D eigenvalue weighted by Crippen LogP contribution is 2.30. The summed E-state index contributed by atoms with van der Waals surface area (Å²) in [5, 5.41) is 3.87. The van der Waals surface area contributed by atoms with Crippen LogP contribution in [0.1, 0.15) is 25.1 Å². The lowest BCUT2D eigenvalue weighted by Gasteiger charge is -2.15. The number of rotatable bonds is 3. The summed E-state index contributed by atoms with van der Waals surface area (Å²) >= 11 is 0. The lowest BCUT2D eigenvalue weighted by atomic mass is 10.0. The van der Waals surface area contributed by atoms with Crippen LogP contribution in [0.25, 0.3) is 10.9 Å². The Morgan fingerprint density at radius 3 is 2.44 bits per heavy atom. The number of fused-ring (bicyclic) bond motifs is 1. The van der Waals surface area contributed by atoms with Crippen molar-refractivity contribution in [1.82, 2.24) is 4.98 Å². The fourth-order valence-electron chi connectivity index (χ4n) is 2.23. The second-order valence-corrected chi connectivity index (χ2v) is 4.22. The summed E-state index contributed by atoms with van der Waals surface area (Å²) in [5.41, 5.74) is 3.25. The van der Waals surface area contributed by atoms with Gasteiger partial charge in [0, 0.05) is 29.4 Å². The predicted molar refractivity (Wildman–Crippen MR) is 69.9 cm³/mol. The molecule has 4 heteroatoms. The lowest BCUT2D eigenvalue weighted by Crippen LogP contribution is -2.05. The number of anilines is 1. The number of pyridine rings is 1. The zero-order valence-corrected chi connectivity index (χ0v) is 10.8. The van der Waals surface area contributed by atoms with Crippen LogP contribution in [-0.4, -0.2) is 11.5 Å². The number of benzene rings is 1. The highest BCUT2D eigenvalue weighted by atomic mass is 19.2. The van der Waals surface area contributed by atoms with Crippen LogP contribution in [0.3, 0.4) is 0 Å². The molecule has 1 aromatic heterocycles. The van der Waals surface area contributed by atoms with Gasteiger partial charge < -0.3 is 5.32 Å². The van der Waals surface area contributed by atoms with Crippen LogP contribution in [0.4, 0.5) is 14.5 Å². The molecule has 2 rings (SSSR count). The lowest BCUT2D eigenvalue weighted by molar-refractivity contribution is 0.510. The highest BCUT2D eigenvalue weighted by Gasteiger charge is 2.13. The fourth-order valence-corrected chi connectivity index (χ4v) is 2.23. The van der Waals surface area contributed by atoms with Gasteiger partial charge in [0.15, 0.2) is 11.6 Å². The average molecular weight is 250 g/mol. The minimum Gasteiger partial charge on any atom is -0.384 e. The van der Waals surface area contributed by atoms with E-state index in [9.17, 15) is 8.78 Å². The van der Waals surface area contributed by atoms with Crippen LogP contribution in [-0.2, 0) is 6.42 Å². The highest BCUT2D eigenvalue weighted by molar-refractivity contribution is 5.93. The molecule has 2 aromatic rings. The number of halogens is 2. The van der Waals surface area contributed by atoms with Crippen molar-refractivity contribution >= 4 is 16.6 Å². The molecule has 0 amide bonds. The van der Waals surface area contributed by atoms with Crippen LogP contribution < -0.4 is 5.32 Å². The molecule has 96 valence electrons. The molecule has 2 nitrogen and oxygen atoms in total. The maximum Gasteiger partial charge on any atom is 0.161 e. The van der Waals surface area contributed by atoms with Gasteiger partial charge in [-0.25, -0.2) is 8.78 Å². The first-order valence-electron chi connectivity index (χ1n) is 6.10. The molecule has 0 aliphatic rings. The summed E-state index contributed by atoms with van der Waals surface area (Å²) in [4.78, 5) is 4.34. The van der Waals surface area contributed by atoms with Crippen molar-refractivity contribution in [2.24, 2.45) is 0 Å². The summed E-state index contributed by atoms with van der Waals surface area (Å²) in [7, 11) is 0. The third-order valence-electron chi connectivity index (χ3n) is 3.04. The summed E-state index contributed by atoms with van der Waals surface area (Å²) < 4.78 is 26.6. The molecule has 0 atom stereocenters. The summed E-state index contributed by atoms with van der Waals surface area (Å²) in [5.74, 6) is -1.70. The van der Waals surface area contributed by atoms with Crippen molar-refractivity contribution in [1.29, 1.82) is 0 Å². The Balaban J connectivity index is 2.83. The minimum atomic E-state index is -0.860. The van der Waals surface area contributed by atoms with Gasteiger partial charge in [0.05, 0.1) is 5.52 Å². The Morgan fingerprint density at radius 2 is 1.83 bits per heavy atom. The summed E-state index contributed by atoms with van der Waals surface area (Å²) in [6, 6.07) is 2.37. The normalized spacial score (nSPS) is 10.9. The molecule has 0 aliphatic heterocycles. The molecule has 0 radical (unpaired) electrons. The van der Waals surface area contributed by atoms with Gasteiger partial charge in [-0.2, -0.15) is 0 Å². The molecule has 1 heterocycles. The van der Waals surface area contributed by atoms with Crippen molar-refractivity contribution in [3.8, 4) is 0 Å². The van der Waals surface area contributed by atoms with Crippen LogP contribution in [0.2, 0.25) is 0 Å². The maximum absolute atomic E-state index is 13.4. The Labute approximate surface area is 105 Å². The largest absolute Gasteiger partial charge is 0.384 e. The zero-order valence-electron chi connectivity index (χ0n) is 10.8. The SMILES string of the molecule is CCNc1c(CC)c(C)nc2cc(F)c(F)cc12. The average Bonchev–Trinajstić information content (AvgIpc) is 2.32. The second-order valence-electron chi connectivity index (χ2n) is 4.22. The molecule has 0 spiro atoms. The quantitative estimate of drug-likeness (QED) is 0.895. The fraction of sp³-hybridized carbons (Fsp3) is 0.357. The van der Waals surface area contributed by atoms with Crippen LogP contribution >= 0.6 is 0 Å². The Morgan fingerprint density at radius 1 is 1.17 bits per heavy atom. The van der Waals surface area contributed by atoms with E-state index in [4.69, 9.17) is 0 Å². The van der Waals surface area contributed by atoms with Gasteiger partial charge in [0.25, 0.3) is 0 Å². The van der Waals surface area contributed by atoms with E-state index < -0.39 is 11.6 Å². The number of nitrogens with one attached hydrogen (secondary N) is 1. The van der Waals surface area contributed by atoms with Gasteiger partial charge in [-0.1, -0.05) is 6.92 Å². The molecule has 0 fully saturated rings. The molecule has 0 aliphatic carbocycles. The predicted octanol–water partition coefficient (Wildman–Crippen LogP) is 3.82. The van der Waals surface area contributed by atoms with Gasteiger partial charge in [0.2, 0.25) is 0 Å². The number of nitrogens with zero attached hydrogens (tertiary/aromatic N) is 1. The molecule has 0 bridgehead atoms. The number of aryl methyl sites for hydroxylation is 1. The molecule has 1 N–H and O–H groups in total. The zero-order chi connectivity index (χ0) is 13.3. The van der Waals surface area contributed by atoms with E-state index in [1.54, 1.807) is 0 Å². The van der Waals surface area contributed by atoms with Gasteiger partial charge in [-0.15, -0.1) is 0 Å². The Bertz CT molecular complexity index is 594. The summed E-state index contributed by atoms with van der Waals surface area (Å²) in [6.07, 6.45) is 0.802. The van der Waals surface area contributed by atoms with Crippen molar-refractivity contribution in [2.45, 2.75) is 27.2 Å².